The summed E-state index contributed by atoms with van der Waals surface area (Å²) in [5, 5.41) is 9.99. The maximum Gasteiger partial charge on any atom is 0.334 e. The summed E-state index contributed by atoms with van der Waals surface area (Å²) in [6, 6.07) is 1.71. The molecule has 0 aliphatic heterocycles. The number of rotatable bonds is 11. The summed E-state index contributed by atoms with van der Waals surface area (Å²) in [4.78, 5) is 0. The molecule has 0 saturated carbocycles. The Bertz CT molecular complexity index is 232. The van der Waals surface area contributed by atoms with Crippen LogP contribution in [0.25, 0.3) is 0 Å². The van der Waals surface area contributed by atoms with Gasteiger partial charge in [0.25, 0.3) is 0 Å². The molecule has 0 amide bonds. The van der Waals surface area contributed by atoms with E-state index in [9.17, 15) is 5.11 Å². The van der Waals surface area contributed by atoms with Gasteiger partial charge in [0, 0.05) is 28.4 Å². The average Bonchev–Trinajstić information content (AvgIpc) is 2.44. The molecule has 0 aliphatic rings. The standard InChI is InChI=1S/C12H30O5Si2/c1-14-18(5,15-2)10-7-8-12(13)9-11-19(6,16-3)17-4/h12-13H,7-11H2,1-6H3. The zero-order valence-corrected chi connectivity index (χ0v) is 15.2. The molecule has 5 nitrogen and oxygen atoms in total. The van der Waals surface area contributed by atoms with Crippen LogP contribution in [0.4, 0.5) is 0 Å². The Balaban J connectivity index is 3.91. The molecule has 1 atom stereocenters. The van der Waals surface area contributed by atoms with E-state index in [1.165, 1.54) is 0 Å². The van der Waals surface area contributed by atoms with Gasteiger partial charge in [-0.05, 0) is 44.4 Å². The molecule has 19 heavy (non-hydrogen) atoms. The van der Waals surface area contributed by atoms with Crippen molar-refractivity contribution in [3.63, 3.8) is 0 Å². The normalized spacial score (nSPS) is 14.7. The molecule has 0 rings (SSSR count). The van der Waals surface area contributed by atoms with E-state index in [1.54, 1.807) is 28.4 Å². The van der Waals surface area contributed by atoms with Crippen LogP contribution in [0.15, 0.2) is 0 Å². The third-order valence-corrected chi connectivity index (χ3v) is 9.74. The van der Waals surface area contributed by atoms with Gasteiger partial charge in [0.2, 0.25) is 0 Å². The van der Waals surface area contributed by atoms with Crippen LogP contribution in [0, 0.1) is 0 Å². The molecule has 0 spiro atoms. The van der Waals surface area contributed by atoms with Gasteiger partial charge < -0.3 is 22.8 Å². The predicted molar refractivity (Wildman–Crippen MR) is 80.7 cm³/mol. The van der Waals surface area contributed by atoms with Crippen LogP contribution in [0.2, 0.25) is 25.2 Å². The SMILES string of the molecule is CO[Si](C)(CCCC(O)CC[Si](C)(OC)OC)OC. The molecule has 1 unspecified atom stereocenters. The van der Waals surface area contributed by atoms with Crippen molar-refractivity contribution in [2.75, 3.05) is 28.4 Å². The van der Waals surface area contributed by atoms with Gasteiger partial charge in [-0.3, -0.25) is 0 Å². The zero-order chi connectivity index (χ0) is 14.9. The van der Waals surface area contributed by atoms with E-state index in [-0.39, 0.29) is 6.10 Å². The van der Waals surface area contributed by atoms with Crippen molar-refractivity contribution >= 4 is 17.1 Å². The van der Waals surface area contributed by atoms with E-state index in [0.29, 0.717) is 0 Å². The lowest BCUT2D eigenvalue weighted by Gasteiger charge is -2.25. The molecular weight excluding hydrogens is 280 g/mol. The first-order chi connectivity index (χ1) is 8.84. The lowest BCUT2D eigenvalue weighted by Crippen LogP contribution is -2.37. The van der Waals surface area contributed by atoms with Crippen molar-refractivity contribution in [1.29, 1.82) is 0 Å². The van der Waals surface area contributed by atoms with Crippen LogP contribution in [0.5, 0.6) is 0 Å². The minimum absolute atomic E-state index is 0.302. The van der Waals surface area contributed by atoms with Crippen molar-refractivity contribution in [2.24, 2.45) is 0 Å². The van der Waals surface area contributed by atoms with E-state index in [2.05, 4.69) is 0 Å². The summed E-state index contributed by atoms with van der Waals surface area (Å²) in [7, 11) is 2.70. The Morgan fingerprint density at radius 1 is 0.789 bits per heavy atom. The van der Waals surface area contributed by atoms with Crippen LogP contribution >= 0.6 is 0 Å². The van der Waals surface area contributed by atoms with Crippen molar-refractivity contribution in [2.45, 2.75) is 50.5 Å². The first-order valence-electron chi connectivity index (χ1n) is 6.73. The highest BCUT2D eigenvalue weighted by Crippen LogP contribution is 2.20. The van der Waals surface area contributed by atoms with Crippen LogP contribution in [0.1, 0.15) is 19.3 Å². The Hall–Kier alpha value is 0.234. The Kier molecular flexibility index (Phi) is 9.33. The smallest absolute Gasteiger partial charge is 0.334 e. The van der Waals surface area contributed by atoms with Gasteiger partial charge in [-0.25, -0.2) is 0 Å². The topological polar surface area (TPSA) is 57.2 Å². The highest BCUT2D eigenvalue weighted by Gasteiger charge is 2.30. The Morgan fingerprint density at radius 3 is 1.63 bits per heavy atom. The van der Waals surface area contributed by atoms with Crippen molar-refractivity contribution in [3.8, 4) is 0 Å². The molecule has 1 N–H and O–H groups in total. The molecule has 0 radical (unpaired) electrons. The fourth-order valence-electron chi connectivity index (χ4n) is 1.81. The van der Waals surface area contributed by atoms with Gasteiger partial charge in [0.1, 0.15) is 0 Å². The third-order valence-electron chi connectivity index (χ3n) is 3.83. The molecule has 0 aliphatic carbocycles. The van der Waals surface area contributed by atoms with Gasteiger partial charge in [-0.1, -0.05) is 0 Å². The molecule has 0 aromatic rings. The molecule has 0 bridgehead atoms. The lowest BCUT2D eigenvalue weighted by atomic mass is 10.2. The molecule has 7 heteroatoms. The summed E-state index contributed by atoms with van der Waals surface area (Å²) < 4.78 is 21.6. The quantitative estimate of drug-likeness (QED) is 0.593. The molecule has 0 aromatic heterocycles. The third kappa shape index (κ3) is 7.55. The Morgan fingerprint density at radius 2 is 1.21 bits per heavy atom. The van der Waals surface area contributed by atoms with Crippen molar-refractivity contribution < 1.29 is 22.8 Å². The second kappa shape index (κ2) is 9.22. The molecule has 0 heterocycles. The van der Waals surface area contributed by atoms with Gasteiger partial charge >= 0.3 is 17.1 Å². The predicted octanol–water partition coefficient (Wildman–Crippen LogP) is 2.25. The summed E-state index contributed by atoms with van der Waals surface area (Å²) in [6.45, 7) is 4.05. The first-order valence-corrected chi connectivity index (χ1v) is 11.8. The van der Waals surface area contributed by atoms with Gasteiger partial charge in [0.15, 0.2) is 0 Å². The maximum atomic E-state index is 9.99. The minimum atomic E-state index is -2.05. The summed E-state index contributed by atoms with van der Waals surface area (Å²) in [5.41, 5.74) is 0. The van der Waals surface area contributed by atoms with Gasteiger partial charge in [-0.15, -0.1) is 0 Å². The maximum absolute atomic E-state index is 9.99. The highest BCUT2D eigenvalue weighted by molar-refractivity contribution is 6.66. The average molecular weight is 311 g/mol. The lowest BCUT2D eigenvalue weighted by molar-refractivity contribution is 0.150. The monoisotopic (exact) mass is 310 g/mol. The number of aliphatic hydroxyl groups is 1. The number of hydrogen-bond acceptors (Lipinski definition) is 5. The second-order valence-electron chi connectivity index (χ2n) is 5.17. The van der Waals surface area contributed by atoms with Crippen LogP contribution in [0.3, 0.4) is 0 Å². The number of aliphatic hydroxyl groups excluding tert-OH is 1. The summed E-state index contributed by atoms with van der Waals surface area (Å²) in [6.07, 6.45) is 2.11. The molecule has 0 aromatic carbocycles. The van der Waals surface area contributed by atoms with Crippen molar-refractivity contribution in [1.82, 2.24) is 0 Å². The fraction of sp³-hybridized carbons (Fsp3) is 1.00. The van der Waals surface area contributed by atoms with Gasteiger partial charge in [-0.2, -0.15) is 0 Å². The second-order valence-corrected chi connectivity index (χ2v) is 12.3. The fourth-order valence-corrected chi connectivity index (χ4v) is 4.66. The van der Waals surface area contributed by atoms with E-state index in [0.717, 1.165) is 31.4 Å². The molecular formula is C12H30O5Si2. The van der Waals surface area contributed by atoms with Crippen LogP contribution in [-0.4, -0.2) is 56.8 Å². The van der Waals surface area contributed by atoms with Crippen LogP contribution < -0.4 is 0 Å². The van der Waals surface area contributed by atoms with Crippen molar-refractivity contribution in [3.05, 3.63) is 0 Å². The molecule has 0 saturated heterocycles. The summed E-state index contributed by atoms with van der Waals surface area (Å²) >= 11 is 0. The summed E-state index contributed by atoms with van der Waals surface area (Å²) in [5.74, 6) is 0. The number of hydrogen-bond donors (Lipinski definition) is 1. The van der Waals surface area contributed by atoms with E-state index >= 15 is 0 Å². The first kappa shape index (κ1) is 19.2. The van der Waals surface area contributed by atoms with E-state index in [4.69, 9.17) is 17.7 Å². The van der Waals surface area contributed by atoms with Gasteiger partial charge in [0.05, 0.1) is 6.10 Å². The minimum Gasteiger partial charge on any atom is -0.398 e. The van der Waals surface area contributed by atoms with E-state index < -0.39 is 17.1 Å². The molecule has 0 fully saturated rings. The highest BCUT2D eigenvalue weighted by atomic mass is 28.4. The van der Waals surface area contributed by atoms with Crippen LogP contribution in [-0.2, 0) is 17.7 Å². The molecule has 116 valence electrons. The van der Waals surface area contributed by atoms with E-state index in [1.807, 2.05) is 13.1 Å². The zero-order valence-electron chi connectivity index (χ0n) is 13.2. The largest absolute Gasteiger partial charge is 0.398 e. The Labute approximate surface area is 119 Å².